The topological polar surface area (TPSA) is 50.4 Å². The van der Waals surface area contributed by atoms with Gasteiger partial charge < -0.3 is 15.4 Å². The van der Waals surface area contributed by atoms with Gasteiger partial charge in [0.25, 0.3) is 0 Å². The molecule has 1 amide bonds. The minimum absolute atomic E-state index is 0. The van der Waals surface area contributed by atoms with Crippen LogP contribution in [0.4, 0.5) is 0 Å². The van der Waals surface area contributed by atoms with Crippen molar-refractivity contribution in [1.29, 1.82) is 0 Å². The summed E-state index contributed by atoms with van der Waals surface area (Å²) in [4.78, 5) is 12.0. The van der Waals surface area contributed by atoms with E-state index in [4.69, 9.17) is 27.9 Å². The summed E-state index contributed by atoms with van der Waals surface area (Å²) >= 11 is 12.0. The molecule has 2 N–H and O–H groups in total. The molecule has 1 fully saturated rings. The first-order valence-electron chi connectivity index (χ1n) is 6.61. The Labute approximate surface area is 140 Å². The van der Waals surface area contributed by atoms with Gasteiger partial charge in [0.15, 0.2) is 0 Å². The SMILES string of the molecule is CC(Cc1ccc(Cl)cc1Cl)NC(=O)C1COCCN1.Cl. The van der Waals surface area contributed by atoms with Gasteiger partial charge in [-0.15, -0.1) is 12.4 Å². The van der Waals surface area contributed by atoms with Crippen molar-refractivity contribution in [1.82, 2.24) is 10.6 Å². The first-order chi connectivity index (χ1) is 9.56. The molecule has 0 saturated carbocycles. The summed E-state index contributed by atoms with van der Waals surface area (Å²) < 4.78 is 5.28. The van der Waals surface area contributed by atoms with Crippen LogP contribution >= 0.6 is 35.6 Å². The Hall–Kier alpha value is -0.520. The highest BCUT2D eigenvalue weighted by Gasteiger charge is 2.22. The molecule has 0 bridgehead atoms. The molecule has 1 saturated heterocycles. The second kappa shape index (κ2) is 8.81. The molecule has 118 valence electrons. The summed E-state index contributed by atoms with van der Waals surface area (Å²) in [6, 6.07) is 5.11. The van der Waals surface area contributed by atoms with Crippen LogP contribution in [0, 0.1) is 0 Å². The van der Waals surface area contributed by atoms with E-state index in [0.717, 1.165) is 5.56 Å². The maximum Gasteiger partial charge on any atom is 0.239 e. The highest BCUT2D eigenvalue weighted by molar-refractivity contribution is 6.35. The maximum atomic E-state index is 12.0. The Kier molecular flexibility index (Phi) is 7.77. The lowest BCUT2D eigenvalue weighted by atomic mass is 10.1. The fourth-order valence-electron chi connectivity index (χ4n) is 2.15. The molecular weight excluding hydrogens is 335 g/mol. The number of nitrogens with one attached hydrogen (secondary N) is 2. The van der Waals surface area contributed by atoms with Gasteiger partial charge in [0, 0.05) is 22.6 Å². The van der Waals surface area contributed by atoms with Crippen molar-refractivity contribution >= 4 is 41.5 Å². The molecule has 2 atom stereocenters. The zero-order valence-electron chi connectivity index (χ0n) is 11.7. The van der Waals surface area contributed by atoms with Gasteiger partial charge >= 0.3 is 0 Å². The number of hydrogen-bond donors (Lipinski definition) is 2. The molecule has 1 heterocycles. The van der Waals surface area contributed by atoms with Crippen LogP contribution in [0.15, 0.2) is 18.2 Å². The van der Waals surface area contributed by atoms with E-state index in [9.17, 15) is 4.79 Å². The zero-order chi connectivity index (χ0) is 14.5. The molecule has 1 aromatic carbocycles. The highest BCUT2D eigenvalue weighted by atomic mass is 35.5. The van der Waals surface area contributed by atoms with Crippen LogP contribution in [-0.2, 0) is 16.0 Å². The molecule has 0 aliphatic carbocycles. The van der Waals surface area contributed by atoms with Crippen LogP contribution in [0.3, 0.4) is 0 Å². The van der Waals surface area contributed by atoms with Crippen LogP contribution < -0.4 is 10.6 Å². The van der Waals surface area contributed by atoms with Gasteiger partial charge in [0.05, 0.1) is 13.2 Å². The first-order valence-corrected chi connectivity index (χ1v) is 7.37. The summed E-state index contributed by atoms with van der Waals surface area (Å²) in [5, 5.41) is 7.33. The number of benzene rings is 1. The third kappa shape index (κ3) is 5.64. The largest absolute Gasteiger partial charge is 0.378 e. The lowest BCUT2D eigenvalue weighted by molar-refractivity contribution is -0.126. The van der Waals surface area contributed by atoms with Gasteiger partial charge in [0.1, 0.15) is 6.04 Å². The third-order valence-electron chi connectivity index (χ3n) is 3.17. The normalized spacial score (nSPS) is 19.5. The molecule has 0 spiro atoms. The molecule has 7 heteroatoms. The van der Waals surface area contributed by atoms with Gasteiger partial charge in [0.2, 0.25) is 5.91 Å². The molecule has 4 nitrogen and oxygen atoms in total. The number of halogens is 3. The number of carbonyl (C=O) groups excluding carboxylic acids is 1. The fraction of sp³-hybridized carbons (Fsp3) is 0.500. The first kappa shape index (κ1) is 18.5. The Bertz CT molecular complexity index is 479. The Morgan fingerprint density at radius 1 is 1.52 bits per heavy atom. The molecule has 0 radical (unpaired) electrons. The van der Waals surface area contributed by atoms with Crippen LogP contribution in [0.5, 0.6) is 0 Å². The second-order valence-electron chi connectivity index (χ2n) is 4.93. The summed E-state index contributed by atoms with van der Waals surface area (Å²) in [7, 11) is 0. The average molecular weight is 354 g/mol. The second-order valence-corrected chi connectivity index (χ2v) is 5.77. The van der Waals surface area contributed by atoms with Gasteiger partial charge in [-0.05, 0) is 31.0 Å². The number of rotatable bonds is 4. The molecule has 0 aromatic heterocycles. The van der Waals surface area contributed by atoms with Crippen molar-refractivity contribution in [2.24, 2.45) is 0 Å². The number of carbonyl (C=O) groups is 1. The van der Waals surface area contributed by atoms with E-state index in [1.165, 1.54) is 0 Å². The minimum atomic E-state index is -0.271. The third-order valence-corrected chi connectivity index (χ3v) is 3.75. The standard InChI is InChI=1S/C14H18Cl2N2O2.ClH/c1-9(6-10-2-3-11(15)7-12(10)16)18-14(19)13-8-20-5-4-17-13;/h2-3,7,9,13,17H,4-6,8H2,1H3,(H,18,19);1H. The van der Waals surface area contributed by atoms with E-state index in [1.807, 2.05) is 13.0 Å². The van der Waals surface area contributed by atoms with Crippen molar-refractivity contribution in [2.75, 3.05) is 19.8 Å². The summed E-state index contributed by atoms with van der Waals surface area (Å²) in [6.07, 6.45) is 0.662. The lowest BCUT2D eigenvalue weighted by Crippen LogP contribution is -2.53. The predicted molar refractivity (Wildman–Crippen MR) is 87.6 cm³/mol. The predicted octanol–water partition coefficient (Wildman–Crippen LogP) is 2.45. The van der Waals surface area contributed by atoms with Crippen molar-refractivity contribution in [3.8, 4) is 0 Å². The Balaban J connectivity index is 0.00000220. The quantitative estimate of drug-likeness (QED) is 0.874. The molecule has 1 aliphatic rings. The van der Waals surface area contributed by atoms with Gasteiger partial charge in [-0.1, -0.05) is 29.3 Å². The van der Waals surface area contributed by atoms with E-state index < -0.39 is 0 Å². The highest BCUT2D eigenvalue weighted by Crippen LogP contribution is 2.22. The molecule has 21 heavy (non-hydrogen) atoms. The van der Waals surface area contributed by atoms with Crippen LogP contribution in [0.25, 0.3) is 0 Å². The molecule has 2 unspecified atom stereocenters. The fourth-order valence-corrected chi connectivity index (χ4v) is 2.63. The van der Waals surface area contributed by atoms with Crippen molar-refractivity contribution < 1.29 is 9.53 Å². The molecule has 1 aromatic rings. The summed E-state index contributed by atoms with van der Waals surface area (Å²) in [5.74, 6) is -0.0396. The Morgan fingerprint density at radius 2 is 2.29 bits per heavy atom. The lowest BCUT2D eigenvalue weighted by Gasteiger charge is -2.25. The number of amides is 1. The number of ether oxygens (including phenoxy) is 1. The van der Waals surface area contributed by atoms with Crippen molar-refractivity contribution in [2.45, 2.75) is 25.4 Å². The molecule has 1 aliphatic heterocycles. The molecule has 2 rings (SSSR count). The monoisotopic (exact) mass is 352 g/mol. The average Bonchev–Trinajstić information content (AvgIpc) is 2.43. The van der Waals surface area contributed by atoms with Crippen LogP contribution in [0.2, 0.25) is 10.0 Å². The van der Waals surface area contributed by atoms with Gasteiger partial charge in [-0.2, -0.15) is 0 Å². The minimum Gasteiger partial charge on any atom is -0.378 e. The van der Waals surface area contributed by atoms with Crippen molar-refractivity contribution in [3.63, 3.8) is 0 Å². The number of morpholine rings is 1. The van der Waals surface area contributed by atoms with Crippen LogP contribution in [0.1, 0.15) is 12.5 Å². The van der Waals surface area contributed by atoms with E-state index >= 15 is 0 Å². The van der Waals surface area contributed by atoms with E-state index in [1.54, 1.807) is 12.1 Å². The van der Waals surface area contributed by atoms with E-state index in [2.05, 4.69) is 10.6 Å². The number of hydrogen-bond acceptors (Lipinski definition) is 3. The summed E-state index contributed by atoms with van der Waals surface area (Å²) in [5.41, 5.74) is 0.969. The van der Waals surface area contributed by atoms with Crippen molar-refractivity contribution in [3.05, 3.63) is 33.8 Å². The molecular formula is C14H19Cl3N2O2. The Morgan fingerprint density at radius 3 is 2.90 bits per heavy atom. The summed E-state index contributed by atoms with van der Waals surface area (Å²) in [6.45, 7) is 3.72. The smallest absolute Gasteiger partial charge is 0.239 e. The van der Waals surface area contributed by atoms with Crippen LogP contribution in [-0.4, -0.2) is 37.7 Å². The zero-order valence-corrected chi connectivity index (χ0v) is 14.0. The maximum absolute atomic E-state index is 12.0. The van der Waals surface area contributed by atoms with Gasteiger partial charge in [-0.25, -0.2) is 0 Å². The van der Waals surface area contributed by atoms with E-state index in [0.29, 0.717) is 36.2 Å². The van der Waals surface area contributed by atoms with E-state index in [-0.39, 0.29) is 30.4 Å². The van der Waals surface area contributed by atoms with Gasteiger partial charge in [-0.3, -0.25) is 4.79 Å².